The Morgan fingerprint density at radius 1 is 1.03 bits per heavy atom. The molecule has 2 aromatic carbocycles. The van der Waals surface area contributed by atoms with Crippen molar-refractivity contribution in [1.82, 2.24) is 14.5 Å². The number of hydrogen-bond acceptors (Lipinski definition) is 5. The zero-order valence-electron chi connectivity index (χ0n) is 21.8. The Bertz CT molecular complexity index is 1260. The molecule has 0 radical (unpaired) electrons. The maximum absolute atomic E-state index is 13.3. The summed E-state index contributed by atoms with van der Waals surface area (Å²) in [6, 6.07) is 12.5. The molecule has 1 aromatic heterocycles. The second-order valence-corrected chi connectivity index (χ2v) is 9.59. The number of imidazole rings is 1. The molecule has 1 amide bonds. The van der Waals surface area contributed by atoms with Gasteiger partial charge in [-0.15, -0.1) is 0 Å². The number of unbranched alkanes of at least 4 members (excludes halogenated alkanes) is 2. The summed E-state index contributed by atoms with van der Waals surface area (Å²) in [5, 5.41) is 11.4. The summed E-state index contributed by atoms with van der Waals surface area (Å²) < 4.78 is 7.79. The van der Waals surface area contributed by atoms with Crippen molar-refractivity contribution in [2.24, 2.45) is 0 Å². The molecule has 1 unspecified atom stereocenters. The van der Waals surface area contributed by atoms with E-state index in [1.54, 1.807) is 17.4 Å². The molecule has 1 atom stereocenters. The average Bonchev–Trinajstić information content (AvgIpc) is 3.50. The van der Waals surface area contributed by atoms with Crippen LogP contribution >= 0.6 is 0 Å². The third-order valence-corrected chi connectivity index (χ3v) is 6.78. The number of rotatable bonds is 11. The van der Waals surface area contributed by atoms with Crippen molar-refractivity contribution in [3.05, 3.63) is 89.0 Å². The minimum Gasteiger partial charge on any atom is -0.507 e. The summed E-state index contributed by atoms with van der Waals surface area (Å²) in [5.41, 5.74) is 3.25. The molecule has 37 heavy (non-hydrogen) atoms. The highest BCUT2D eigenvalue weighted by Gasteiger charge is 2.45. The van der Waals surface area contributed by atoms with Gasteiger partial charge in [-0.25, -0.2) is 4.98 Å². The van der Waals surface area contributed by atoms with Gasteiger partial charge >= 0.3 is 0 Å². The number of carbonyl (C=O) groups is 2. The molecule has 2 heterocycles. The molecule has 1 N–H and O–H groups in total. The number of aromatic nitrogens is 2. The van der Waals surface area contributed by atoms with Crippen LogP contribution in [0.15, 0.2) is 66.8 Å². The van der Waals surface area contributed by atoms with Crippen LogP contribution in [0.2, 0.25) is 0 Å². The predicted molar refractivity (Wildman–Crippen MR) is 143 cm³/mol. The van der Waals surface area contributed by atoms with Crippen molar-refractivity contribution in [1.29, 1.82) is 0 Å². The Hall–Kier alpha value is -3.87. The molecule has 0 aliphatic carbocycles. The van der Waals surface area contributed by atoms with Crippen LogP contribution in [0.3, 0.4) is 0 Å². The van der Waals surface area contributed by atoms with Crippen molar-refractivity contribution in [3.8, 4) is 5.75 Å². The van der Waals surface area contributed by atoms with E-state index in [1.807, 2.05) is 67.1 Å². The van der Waals surface area contributed by atoms with Gasteiger partial charge in [-0.1, -0.05) is 49.6 Å². The van der Waals surface area contributed by atoms with Crippen LogP contribution in [-0.4, -0.2) is 44.4 Å². The lowest BCUT2D eigenvalue weighted by atomic mass is 9.93. The maximum atomic E-state index is 13.3. The van der Waals surface area contributed by atoms with E-state index in [4.69, 9.17) is 4.74 Å². The summed E-state index contributed by atoms with van der Waals surface area (Å²) in [7, 11) is 0. The number of benzene rings is 2. The summed E-state index contributed by atoms with van der Waals surface area (Å²) in [5.74, 6) is -0.652. The Labute approximate surface area is 218 Å². The number of hydrogen-bond donors (Lipinski definition) is 1. The monoisotopic (exact) mass is 501 g/mol. The van der Waals surface area contributed by atoms with Crippen molar-refractivity contribution in [3.63, 3.8) is 0 Å². The Morgan fingerprint density at radius 3 is 2.51 bits per heavy atom. The fraction of sp³-hybridized carbons (Fsp3) is 0.367. The van der Waals surface area contributed by atoms with Crippen molar-refractivity contribution < 1.29 is 19.4 Å². The number of carbonyl (C=O) groups excluding carboxylic acids is 2. The number of nitrogens with zero attached hydrogens (tertiary/aromatic N) is 3. The summed E-state index contributed by atoms with van der Waals surface area (Å²) in [6.07, 6.45) is 9.18. The van der Waals surface area contributed by atoms with Gasteiger partial charge in [-0.05, 0) is 56.0 Å². The SMILES string of the molecule is CCCCCOc1ccc(C2/C(=C(\O)c3cc(C)ccc3C)C(=O)C(=O)N2CCCn2ccnc2)cc1. The van der Waals surface area contributed by atoms with Gasteiger partial charge in [-0.2, -0.15) is 0 Å². The summed E-state index contributed by atoms with van der Waals surface area (Å²) in [6.45, 7) is 7.64. The van der Waals surface area contributed by atoms with Gasteiger partial charge < -0.3 is 19.3 Å². The second-order valence-electron chi connectivity index (χ2n) is 9.59. The lowest BCUT2D eigenvalue weighted by Gasteiger charge is -2.25. The minimum absolute atomic E-state index is 0.123. The highest BCUT2D eigenvalue weighted by molar-refractivity contribution is 6.46. The van der Waals surface area contributed by atoms with Crippen molar-refractivity contribution >= 4 is 17.4 Å². The molecule has 0 spiro atoms. The third-order valence-electron chi connectivity index (χ3n) is 6.78. The highest BCUT2D eigenvalue weighted by Crippen LogP contribution is 2.40. The van der Waals surface area contributed by atoms with Crippen LogP contribution in [0, 0.1) is 13.8 Å². The third kappa shape index (κ3) is 5.93. The first-order valence-corrected chi connectivity index (χ1v) is 12.9. The largest absolute Gasteiger partial charge is 0.507 e. The van der Waals surface area contributed by atoms with E-state index >= 15 is 0 Å². The van der Waals surface area contributed by atoms with E-state index in [2.05, 4.69) is 11.9 Å². The first-order valence-electron chi connectivity index (χ1n) is 12.9. The van der Waals surface area contributed by atoms with Crippen LogP contribution in [0.25, 0.3) is 5.76 Å². The van der Waals surface area contributed by atoms with Crippen LogP contribution in [0.1, 0.15) is 60.9 Å². The molecule has 1 aliphatic heterocycles. The quantitative estimate of drug-likeness (QED) is 0.160. The van der Waals surface area contributed by atoms with Gasteiger partial charge in [0.05, 0.1) is 24.5 Å². The molecular weight excluding hydrogens is 466 g/mol. The van der Waals surface area contributed by atoms with Gasteiger partial charge in [0.1, 0.15) is 11.5 Å². The Balaban J connectivity index is 1.68. The minimum atomic E-state index is -0.683. The summed E-state index contributed by atoms with van der Waals surface area (Å²) >= 11 is 0. The molecule has 1 saturated heterocycles. The molecular formula is C30H35N3O4. The zero-order chi connectivity index (χ0) is 26.4. The predicted octanol–water partition coefficient (Wildman–Crippen LogP) is 5.58. The Morgan fingerprint density at radius 2 is 1.81 bits per heavy atom. The topological polar surface area (TPSA) is 84.7 Å². The molecule has 0 bridgehead atoms. The second kappa shape index (κ2) is 11.9. The van der Waals surface area contributed by atoms with Crippen LogP contribution < -0.4 is 4.74 Å². The van der Waals surface area contributed by atoms with E-state index in [1.165, 1.54) is 0 Å². The van der Waals surface area contributed by atoms with Gasteiger partial charge in [0.2, 0.25) is 0 Å². The molecule has 7 nitrogen and oxygen atoms in total. The van der Waals surface area contributed by atoms with Crippen molar-refractivity contribution in [2.45, 2.75) is 59.0 Å². The average molecular weight is 502 g/mol. The lowest BCUT2D eigenvalue weighted by molar-refractivity contribution is -0.139. The maximum Gasteiger partial charge on any atom is 0.295 e. The molecule has 7 heteroatoms. The van der Waals surface area contributed by atoms with Gasteiger partial charge in [0.25, 0.3) is 11.7 Å². The zero-order valence-corrected chi connectivity index (χ0v) is 21.8. The van der Waals surface area contributed by atoms with E-state index < -0.39 is 17.7 Å². The smallest absolute Gasteiger partial charge is 0.295 e. The van der Waals surface area contributed by atoms with Crippen LogP contribution in [-0.2, 0) is 16.1 Å². The molecule has 1 fully saturated rings. The normalized spacial score (nSPS) is 16.9. The van der Waals surface area contributed by atoms with Gasteiger partial charge in [0.15, 0.2) is 0 Å². The molecule has 0 saturated carbocycles. The highest BCUT2D eigenvalue weighted by atomic mass is 16.5. The fourth-order valence-electron chi connectivity index (χ4n) is 4.72. The number of aryl methyl sites for hydroxylation is 3. The first kappa shape index (κ1) is 26.2. The van der Waals surface area contributed by atoms with Gasteiger partial charge in [0, 0.05) is 31.0 Å². The number of aliphatic hydroxyl groups excluding tert-OH is 1. The molecule has 1 aliphatic rings. The van der Waals surface area contributed by atoms with Crippen LogP contribution in [0.5, 0.6) is 5.75 Å². The Kier molecular flexibility index (Phi) is 8.43. The van der Waals surface area contributed by atoms with E-state index in [0.717, 1.165) is 41.7 Å². The standard InChI is InChI=1S/C30H35N3O4/c1-4-5-6-18-37-24-12-10-23(11-13-24)27-26(28(34)25-19-21(2)8-9-22(25)3)29(35)30(36)33(27)16-7-15-32-17-14-31-20-32/h8-14,17,19-20,27,34H,4-7,15-16,18H2,1-3H3/b28-26+. The van der Waals surface area contributed by atoms with Crippen LogP contribution in [0.4, 0.5) is 0 Å². The van der Waals surface area contributed by atoms with E-state index in [9.17, 15) is 14.7 Å². The first-order chi connectivity index (χ1) is 17.9. The van der Waals surface area contributed by atoms with Crippen molar-refractivity contribution in [2.75, 3.05) is 13.2 Å². The lowest BCUT2D eigenvalue weighted by Crippen LogP contribution is -2.31. The number of ketones is 1. The number of amides is 1. The molecule has 194 valence electrons. The number of Topliss-reactive ketones (excluding diaryl/α,β-unsaturated/α-hetero) is 1. The van der Waals surface area contributed by atoms with E-state index in [-0.39, 0.29) is 11.3 Å². The number of ether oxygens (including phenoxy) is 1. The number of aliphatic hydroxyl groups is 1. The summed E-state index contributed by atoms with van der Waals surface area (Å²) in [4.78, 5) is 32.2. The van der Waals surface area contributed by atoms with E-state index in [0.29, 0.717) is 31.7 Å². The number of likely N-dealkylation sites (tertiary alicyclic amines) is 1. The van der Waals surface area contributed by atoms with Gasteiger partial charge in [-0.3, -0.25) is 9.59 Å². The fourth-order valence-corrected chi connectivity index (χ4v) is 4.72. The molecule has 3 aromatic rings. The molecule has 4 rings (SSSR count).